The van der Waals surface area contributed by atoms with Gasteiger partial charge in [-0.2, -0.15) is 0 Å². The highest BCUT2D eigenvalue weighted by molar-refractivity contribution is 5.42. The zero-order valence-electron chi connectivity index (χ0n) is 8.99. The maximum atomic E-state index is 9.49. The van der Waals surface area contributed by atoms with Crippen molar-refractivity contribution in [2.75, 3.05) is 20.2 Å². The second kappa shape index (κ2) is 4.53. The van der Waals surface area contributed by atoms with E-state index in [1.54, 1.807) is 13.2 Å². The zero-order valence-corrected chi connectivity index (χ0v) is 8.99. The van der Waals surface area contributed by atoms with E-state index < -0.39 is 0 Å². The minimum Gasteiger partial charge on any atom is -0.508 e. The minimum absolute atomic E-state index is 0.316. The molecule has 1 fully saturated rings. The van der Waals surface area contributed by atoms with Gasteiger partial charge in [0.05, 0.1) is 7.11 Å². The summed E-state index contributed by atoms with van der Waals surface area (Å²) in [5.41, 5.74) is 1.12. The first-order chi connectivity index (χ1) is 7.31. The molecule has 82 valence electrons. The number of aromatic hydroxyl groups is 1. The normalized spacial score (nSPS) is 21.3. The Balaban J connectivity index is 2.27. The number of hydrogen-bond donors (Lipinski definition) is 2. The van der Waals surface area contributed by atoms with Crippen molar-refractivity contribution >= 4 is 0 Å². The lowest BCUT2D eigenvalue weighted by Gasteiger charge is -2.24. The van der Waals surface area contributed by atoms with Gasteiger partial charge in [0.15, 0.2) is 0 Å². The number of piperidine rings is 1. The number of phenols is 1. The van der Waals surface area contributed by atoms with Crippen LogP contribution >= 0.6 is 0 Å². The highest BCUT2D eigenvalue weighted by atomic mass is 16.5. The molecule has 1 saturated heterocycles. The topological polar surface area (TPSA) is 41.5 Å². The minimum atomic E-state index is 0.316. The number of hydrogen-bond acceptors (Lipinski definition) is 3. The molecule has 0 saturated carbocycles. The van der Waals surface area contributed by atoms with Crippen LogP contribution in [0.5, 0.6) is 11.5 Å². The maximum Gasteiger partial charge on any atom is 0.122 e. The van der Waals surface area contributed by atoms with Crippen molar-refractivity contribution in [3.8, 4) is 11.5 Å². The fraction of sp³-hybridized carbons (Fsp3) is 0.500. The van der Waals surface area contributed by atoms with E-state index in [0.29, 0.717) is 11.7 Å². The molecule has 1 aliphatic rings. The molecular formula is C12H17NO2. The Bertz CT molecular complexity index is 332. The van der Waals surface area contributed by atoms with Crippen LogP contribution in [0.3, 0.4) is 0 Å². The molecule has 1 aromatic rings. The van der Waals surface area contributed by atoms with Gasteiger partial charge >= 0.3 is 0 Å². The van der Waals surface area contributed by atoms with Gasteiger partial charge in [-0.25, -0.2) is 0 Å². The Morgan fingerprint density at radius 2 is 2.33 bits per heavy atom. The predicted octanol–water partition coefficient (Wildman–Crippen LogP) is 1.87. The molecule has 1 atom stereocenters. The van der Waals surface area contributed by atoms with Crippen molar-refractivity contribution < 1.29 is 9.84 Å². The van der Waals surface area contributed by atoms with Gasteiger partial charge in [-0.3, -0.25) is 0 Å². The van der Waals surface area contributed by atoms with Crippen LogP contribution in [-0.4, -0.2) is 25.3 Å². The molecule has 1 unspecified atom stereocenters. The van der Waals surface area contributed by atoms with E-state index in [4.69, 9.17) is 4.74 Å². The monoisotopic (exact) mass is 207 g/mol. The number of methoxy groups -OCH3 is 1. The molecule has 1 aromatic carbocycles. The molecule has 15 heavy (non-hydrogen) atoms. The third-order valence-corrected chi connectivity index (χ3v) is 2.95. The van der Waals surface area contributed by atoms with Crippen molar-refractivity contribution in [2.24, 2.45) is 0 Å². The van der Waals surface area contributed by atoms with Crippen LogP contribution in [-0.2, 0) is 0 Å². The molecule has 0 spiro atoms. The van der Waals surface area contributed by atoms with Crippen molar-refractivity contribution in [3.05, 3.63) is 23.8 Å². The fourth-order valence-corrected chi connectivity index (χ4v) is 2.16. The first kappa shape index (κ1) is 10.3. The summed E-state index contributed by atoms with van der Waals surface area (Å²) >= 11 is 0. The number of phenolic OH excluding ortho intramolecular Hbond substituents is 1. The molecule has 0 radical (unpaired) electrons. The number of benzene rings is 1. The molecule has 0 aromatic heterocycles. The van der Waals surface area contributed by atoms with Gasteiger partial charge in [0.2, 0.25) is 0 Å². The quantitative estimate of drug-likeness (QED) is 0.778. The smallest absolute Gasteiger partial charge is 0.122 e. The summed E-state index contributed by atoms with van der Waals surface area (Å²) in [4.78, 5) is 0. The standard InChI is InChI=1S/C12H17NO2/c1-15-12-5-4-10(14)7-11(12)9-3-2-6-13-8-9/h4-5,7,9,13-14H,2-3,6,8H2,1H3. The fourth-order valence-electron chi connectivity index (χ4n) is 2.16. The Labute approximate surface area is 90.1 Å². The molecule has 3 nitrogen and oxygen atoms in total. The molecule has 1 aliphatic heterocycles. The van der Waals surface area contributed by atoms with Gasteiger partial charge in [0, 0.05) is 18.0 Å². The van der Waals surface area contributed by atoms with Crippen molar-refractivity contribution in [2.45, 2.75) is 18.8 Å². The van der Waals surface area contributed by atoms with Crippen LogP contribution < -0.4 is 10.1 Å². The number of ether oxygens (including phenoxy) is 1. The maximum absolute atomic E-state index is 9.49. The molecular weight excluding hydrogens is 190 g/mol. The first-order valence-electron chi connectivity index (χ1n) is 5.39. The van der Waals surface area contributed by atoms with E-state index >= 15 is 0 Å². The predicted molar refractivity (Wildman–Crippen MR) is 59.5 cm³/mol. The van der Waals surface area contributed by atoms with Crippen LogP contribution in [0.4, 0.5) is 0 Å². The largest absolute Gasteiger partial charge is 0.508 e. The lowest BCUT2D eigenvalue weighted by Crippen LogP contribution is -2.28. The van der Waals surface area contributed by atoms with E-state index in [2.05, 4.69) is 5.32 Å². The molecule has 3 heteroatoms. The molecule has 2 rings (SSSR count). The molecule has 0 bridgehead atoms. The van der Waals surface area contributed by atoms with E-state index in [-0.39, 0.29) is 0 Å². The highest BCUT2D eigenvalue weighted by Gasteiger charge is 2.19. The van der Waals surface area contributed by atoms with E-state index in [0.717, 1.165) is 30.8 Å². The third-order valence-electron chi connectivity index (χ3n) is 2.95. The number of rotatable bonds is 2. The van der Waals surface area contributed by atoms with Gasteiger partial charge < -0.3 is 15.2 Å². The summed E-state index contributed by atoms with van der Waals surface area (Å²) in [6.45, 7) is 2.07. The molecule has 1 heterocycles. The Morgan fingerprint density at radius 3 is 3.00 bits per heavy atom. The van der Waals surface area contributed by atoms with E-state index in [9.17, 15) is 5.11 Å². The van der Waals surface area contributed by atoms with Crippen LogP contribution in [0.25, 0.3) is 0 Å². The van der Waals surface area contributed by atoms with Gasteiger partial charge in [-0.1, -0.05) is 0 Å². The van der Waals surface area contributed by atoms with Crippen molar-refractivity contribution in [1.82, 2.24) is 5.32 Å². The van der Waals surface area contributed by atoms with E-state index in [1.165, 1.54) is 6.42 Å². The second-order valence-corrected chi connectivity index (χ2v) is 3.97. The first-order valence-corrected chi connectivity index (χ1v) is 5.39. The molecule has 0 aliphatic carbocycles. The van der Waals surface area contributed by atoms with Crippen molar-refractivity contribution in [3.63, 3.8) is 0 Å². The van der Waals surface area contributed by atoms with E-state index in [1.807, 2.05) is 12.1 Å². The van der Waals surface area contributed by atoms with Crippen LogP contribution in [0.1, 0.15) is 24.3 Å². The van der Waals surface area contributed by atoms with Gasteiger partial charge in [0.25, 0.3) is 0 Å². The summed E-state index contributed by atoms with van der Waals surface area (Å²) < 4.78 is 5.31. The average Bonchev–Trinajstić information content (AvgIpc) is 2.30. The summed E-state index contributed by atoms with van der Waals surface area (Å²) in [6, 6.07) is 5.31. The summed E-state index contributed by atoms with van der Waals surface area (Å²) in [7, 11) is 1.67. The van der Waals surface area contributed by atoms with Gasteiger partial charge in [0.1, 0.15) is 11.5 Å². The van der Waals surface area contributed by atoms with Gasteiger partial charge in [-0.15, -0.1) is 0 Å². The van der Waals surface area contributed by atoms with Crippen LogP contribution in [0.2, 0.25) is 0 Å². The lowest BCUT2D eigenvalue weighted by molar-refractivity contribution is 0.389. The number of nitrogens with one attached hydrogen (secondary N) is 1. The molecule has 2 N–H and O–H groups in total. The Morgan fingerprint density at radius 1 is 1.47 bits per heavy atom. The zero-order chi connectivity index (χ0) is 10.7. The molecule has 0 amide bonds. The second-order valence-electron chi connectivity index (χ2n) is 3.97. The third kappa shape index (κ3) is 2.23. The van der Waals surface area contributed by atoms with Gasteiger partial charge in [-0.05, 0) is 37.6 Å². The summed E-state index contributed by atoms with van der Waals surface area (Å²) in [5, 5.41) is 12.9. The Kier molecular flexibility index (Phi) is 3.11. The lowest BCUT2D eigenvalue weighted by atomic mass is 9.91. The van der Waals surface area contributed by atoms with Crippen LogP contribution in [0.15, 0.2) is 18.2 Å². The van der Waals surface area contributed by atoms with Crippen LogP contribution in [0, 0.1) is 0 Å². The Hall–Kier alpha value is -1.22. The highest BCUT2D eigenvalue weighted by Crippen LogP contribution is 2.33. The summed E-state index contributed by atoms with van der Waals surface area (Å²) in [6.07, 6.45) is 2.34. The average molecular weight is 207 g/mol. The SMILES string of the molecule is COc1ccc(O)cc1C1CCCNC1. The summed E-state index contributed by atoms with van der Waals surface area (Å²) in [5.74, 6) is 1.65. The van der Waals surface area contributed by atoms with Crippen molar-refractivity contribution in [1.29, 1.82) is 0 Å².